The van der Waals surface area contributed by atoms with Crippen LogP contribution in [0.4, 0.5) is 11.5 Å². The summed E-state index contributed by atoms with van der Waals surface area (Å²) in [6.45, 7) is 3.34. The molecule has 19 heavy (non-hydrogen) atoms. The number of nitrogen functional groups attached to an aromatic ring is 1. The lowest BCUT2D eigenvalue weighted by atomic mass is 10.1. The number of nitrogens with zero attached hydrogens (tertiary/aromatic N) is 1. The zero-order valence-electron chi connectivity index (χ0n) is 11.1. The summed E-state index contributed by atoms with van der Waals surface area (Å²) >= 11 is 0. The van der Waals surface area contributed by atoms with E-state index >= 15 is 0 Å². The van der Waals surface area contributed by atoms with E-state index in [-0.39, 0.29) is 11.9 Å². The number of carbonyl (C=O) groups excluding carboxylic acids is 1. The SMILES string of the molecule is CCCOc1nc(NC2CCCNC2=O)ccc1N. The second kappa shape index (κ2) is 6.26. The van der Waals surface area contributed by atoms with E-state index in [1.165, 1.54) is 0 Å². The molecular formula is C13H20N4O2. The largest absolute Gasteiger partial charge is 0.476 e. The molecule has 6 nitrogen and oxygen atoms in total. The Bertz CT molecular complexity index is 450. The fraction of sp³-hybridized carbons (Fsp3) is 0.538. The molecule has 1 fully saturated rings. The summed E-state index contributed by atoms with van der Waals surface area (Å²) in [5.41, 5.74) is 6.30. The van der Waals surface area contributed by atoms with E-state index in [1.807, 2.05) is 6.92 Å². The third-order valence-corrected chi connectivity index (χ3v) is 2.94. The van der Waals surface area contributed by atoms with Crippen LogP contribution < -0.4 is 21.1 Å². The van der Waals surface area contributed by atoms with Gasteiger partial charge in [0, 0.05) is 6.54 Å². The Kier molecular flexibility index (Phi) is 4.43. The Morgan fingerprint density at radius 2 is 2.42 bits per heavy atom. The lowest BCUT2D eigenvalue weighted by Crippen LogP contribution is -2.44. The number of anilines is 2. The quantitative estimate of drug-likeness (QED) is 0.742. The lowest BCUT2D eigenvalue weighted by molar-refractivity contribution is -0.123. The summed E-state index contributed by atoms with van der Waals surface area (Å²) < 4.78 is 5.47. The zero-order valence-corrected chi connectivity index (χ0v) is 11.1. The maximum atomic E-state index is 11.7. The highest BCUT2D eigenvalue weighted by atomic mass is 16.5. The first kappa shape index (κ1) is 13.5. The monoisotopic (exact) mass is 264 g/mol. The number of pyridine rings is 1. The summed E-state index contributed by atoms with van der Waals surface area (Å²) in [4.78, 5) is 16.0. The molecular weight excluding hydrogens is 244 g/mol. The third-order valence-electron chi connectivity index (χ3n) is 2.94. The van der Waals surface area contributed by atoms with Gasteiger partial charge in [0.1, 0.15) is 11.9 Å². The van der Waals surface area contributed by atoms with E-state index < -0.39 is 0 Å². The molecule has 1 amide bonds. The molecule has 0 spiro atoms. The fourth-order valence-corrected chi connectivity index (χ4v) is 1.93. The molecule has 0 saturated carbocycles. The molecule has 0 aromatic carbocycles. The molecule has 1 aliphatic heterocycles. The summed E-state index contributed by atoms with van der Waals surface area (Å²) in [6.07, 6.45) is 2.67. The van der Waals surface area contributed by atoms with Gasteiger partial charge in [-0.2, -0.15) is 4.98 Å². The minimum atomic E-state index is -0.233. The van der Waals surface area contributed by atoms with Crippen LogP contribution in [-0.2, 0) is 4.79 Å². The van der Waals surface area contributed by atoms with Crippen molar-refractivity contribution in [2.24, 2.45) is 0 Å². The summed E-state index contributed by atoms with van der Waals surface area (Å²) in [7, 11) is 0. The van der Waals surface area contributed by atoms with Crippen LogP contribution in [0.1, 0.15) is 26.2 Å². The third kappa shape index (κ3) is 3.49. The van der Waals surface area contributed by atoms with E-state index in [2.05, 4.69) is 15.6 Å². The van der Waals surface area contributed by atoms with E-state index in [1.54, 1.807) is 12.1 Å². The fourth-order valence-electron chi connectivity index (χ4n) is 1.93. The first-order chi connectivity index (χ1) is 9.20. The van der Waals surface area contributed by atoms with E-state index in [4.69, 9.17) is 10.5 Å². The zero-order chi connectivity index (χ0) is 13.7. The molecule has 0 bridgehead atoms. The van der Waals surface area contributed by atoms with Crippen molar-refractivity contribution in [1.29, 1.82) is 0 Å². The Labute approximate surface area is 112 Å². The molecule has 1 atom stereocenters. The molecule has 1 saturated heterocycles. The normalized spacial score (nSPS) is 18.8. The number of carbonyl (C=O) groups is 1. The first-order valence-corrected chi connectivity index (χ1v) is 6.64. The molecule has 6 heteroatoms. The Balaban J connectivity index is 2.05. The van der Waals surface area contributed by atoms with Gasteiger partial charge in [-0.3, -0.25) is 4.79 Å². The van der Waals surface area contributed by atoms with Gasteiger partial charge >= 0.3 is 0 Å². The van der Waals surface area contributed by atoms with Gasteiger partial charge in [-0.15, -0.1) is 0 Å². The van der Waals surface area contributed by atoms with Crippen LogP contribution in [-0.4, -0.2) is 30.1 Å². The van der Waals surface area contributed by atoms with E-state index in [9.17, 15) is 4.79 Å². The number of hydrogen-bond donors (Lipinski definition) is 3. The van der Waals surface area contributed by atoms with Gasteiger partial charge in [-0.1, -0.05) is 6.92 Å². The van der Waals surface area contributed by atoms with Gasteiger partial charge < -0.3 is 21.1 Å². The molecule has 1 aromatic heterocycles. The van der Waals surface area contributed by atoms with Crippen molar-refractivity contribution in [2.45, 2.75) is 32.2 Å². The van der Waals surface area contributed by atoms with Crippen molar-refractivity contribution >= 4 is 17.4 Å². The second-order valence-electron chi connectivity index (χ2n) is 4.57. The molecule has 104 valence electrons. The Morgan fingerprint density at radius 3 is 3.16 bits per heavy atom. The number of ether oxygens (including phenoxy) is 1. The van der Waals surface area contributed by atoms with Crippen molar-refractivity contribution in [2.75, 3.05) is 24.2 Å². The molecule has 1 aromatic rings. The standard InChI is InChI=1S/C13H20N4O2/c1-2-8-19-13-9(14)5-6-11(17-13)16-10-4-3-7-15-12(10)18/h5-6,10H,2-4,7-8,14H2,1H3,(H,15,18)(H,16,17). The highest BCUT2D eigenvalue weighted by molar-refractivity contribution is 5.85. The molecule has 1 aliphatic rings. The summed E-state index contributed by atoms with van der Waals surface area (Å²) in [5.74, 6) is 1.05. The Hall–Kier alpha value is -1.98. The Morgan fingerprint density at radius 1 is 1.58 bits per heavy atom. The van der Waals surface area contributed by atoms with Gasteiger partial charge in [0.05, 0.1) is 12.3 Å². The van der Waals surface area contributed by atoms with Crippen LogP contribution in [0.2, 0.25) is 0 Å². The van der Waals surface area contributed by atoms with Gasteiger partial charge in [-0.05, 0) is 31.4 Å². The summed E-state index contributed by atoms with van der Waals surface area (Å²) in [5, 5.41) is 5.94. The molecule has 4 N–H and O–H groups in total. The van der Waals surface area contributed by atoms with Gasteiger partial charge in [-0.25, -0.2) is 0 Å². The molecule has 1 unspecified atom stereocenters. The minimum absolute atomic E-state index is 0.0147. The highest BCUT2D eigenvalue weighted by Crippen LogP contribution is 2.22. The summed E-state index contributed by atoms with van der Waals surface area (Å²) in [6, 6.07) is 3.26. The predicted octanol–water partition coefficient (Wildman–Crippen LogP) is 1.14. The van der Waals surface area contributed by atoms with Crippen LogP contribution in [0.15, 0.2) is 12.1 Å². The minimum Gasteiger partial charge on any atom is -0.476 e. The van der Waals surface area contributed by atoms with Gasteiger partial charge in [0.2, 0.25) is 11.8 Å². The van der Waals surface area contributed by atoms with Crippen molar-refractivity contribution in [3.05, 3.63) is 12.1 Å². The lowest BCUT2D eigenvalue weighted by Gasteiger charge is -2.23. The number of aromatic nitrogens is 1. The van der Waals surface area contributed by atoms with Crippen molar-refractivity contribution in [1.82, 2.24) is 10.3 Å². The van der Waals surface area contributed by atoms with Crippen molar-refractivity contribution in [3.8, 4) is 5.88 Å². The number of nitrogens with two attached hydrogens (primary N) is 1. The maximum absolute atomic E-state index is 11.7. The predicted molar refractivity (Wildman–Crippen MR) is 74.1 cm³/mol. The van der Waals surface area contributed by atoms with Crippen molar-refractivity contribution < 1.29 is 9.53 Å². The number of hydrogen-bond acceptors (Lipinski definition) is 5. The van der Waals surface area contributed by atoms with E-state index in [0.717, 1.165) is 25.8 Å². The number of piperidine rings is 1. The van der Waals surface area contributed by atoms with Gasteiger partial charge in [0.25, 0.3) is 0 Å². The average molecular weight is 264 g/mol. The van der Waals surface area contributed by atoms with Crippen molar-refractivity contribution in [3.63, 3.8) is 0 Å². The number of amides is 1. The van der Waals surface area contributed by atoms with Gasteiger partial charge in [0.15, 0.2) is 0 Å². The van der Waals surface area contributed by atoms with Crippen LogP contribution in [0.25, 0.3) is 0 Å². The van der Waals surface area contributed by atoms with Crippen LogP contribution in [0.3, 0.4) is 0 Å². The molecule has 0 radical (unpaired) electrons. The molecule has 2 heterocycles. The first-order valence-electron chi connectivity index (χ1n) is 6.64. The number of rotatable bonds is 5. The molecule has 2 rings (SSSR count). The maximum Gasteiger partial charge on any atom is 0.242 e. The van der Waals surface area contributed by atoms with Crippen LogP contribution in [0, 0.1) is 0 Å². The topological polar surface area (TPSA) is 89.3 Å². The molecule has 0 aliphatic carbocycles. The average Bonchev–Trinajstić information content (AvgIpc) is 2.42. The second-order valence-corrected chi connectivity index (χ2v) is 4.57. The van der Waals surface area contributed by atoms with Crippen LogP contribution in [0.5, 0.6) is 5.88 Å². The highest BCUT2D eigenvalue weighted by Gasteiger charge is 2.22. The van der Waals surface area contributed by atoms with Crippen LogP contribution >= 0.6 is 0 Å². The van der Waals surface area contributed by atoms with E-state index in [0.29, 0.717) is 24.0 Å². The number of nitrogens with one attached hydrogen (secondary N) is 2. The smallest absolute Gasteiger partial charge is 0.242 e.